The molecule has 0 saturated carbocycles. The van der Waals surface area contributed by atoms with Crippen molar-refractivity contribution < 1.29 is 14.6 Å². The van der Waals surface area contributed by atoms with Gasteiger partial charge in [-0.25, -0.2) is 9.97 Å². The summed E-state index contributed by atoms with van der Waals surface area (Å²) < 4.78 is 5.53. The first-order chi connectivity index (χ1) is 12.3. The van der Waals surface area contributed by atoms with Crippen LogP contribution in [0.2, 0.25) is 0 Å². The van der Waals surface area contributed by atoms with Gasteiger partial charge >= 0.3 is 0 Å². The monoisotopic (exact) mass is 342 g/mol. The summed E-state index contributed by atoms with van der Waals surface area (Å²) in [5, 5.41) is 15.8. The molecule has 1 aromatic carbocycles. The fraction of sp³-hybridized carbons (Fsp3) is 0.389. The highest BCUT2D eigenvalue weighted by Crippen LogP contribution is 2.14. The predicted molar refractivity (Wildman–Crippen MR) is 92.9 cm³/mol. The minimum atomic E-state index is -0.0708. The molecular formula is C18H22N4O3. The molecule has 1 aromatic heterocycles. The van der Waals surface area contributed by atoms with Crippen LogP contribution < -0.4 is 10.6 Å². The average Bonchev–Trinajstić information content (AvgIpc) is 2.64. The van der Waals surface area contributed by atoms with E-state index in [2.05, 4.69) is 20.6 Å². The van der Waals surface area contributed by atoms with Crippen LogP contribution in [0, 0.1) is 0 Å². The summed E-state index contributed by atoms with van der Waals surface area (Å²) in [5.41, 5.74) is 1.62. The zero-order valence-electron chi connectivity index (χ0n) is 13.9. The van der Waals surface area contributed by atoms with Crippen LogP contribution in [0.4, 0.5) is 5.82 Å². The fourth-order valence-electron chi connectivity index (χ4n) is 2.93. The molecule has 1 aliphatic heterocycles. The normalized spacial score (nSPS) is 20.0. The summed E-state index contributed by atoms with van der Waals surface area (Å²) >= 11 is 0. The van der Waals surface area contributed by atoms with Gasteiger partial charge in [-0.3, -0.25) is 4.79 Å². The van der Waals surface area contributed by atoms with E-state index in [0.717, 1.165) is 17.5 Å². The lowest BCUT2D eigenvalue weighted by atomic mass is 10.0. The van der Waals surface area contributed by atoms with Crippen molar-refractivity contribution in [2.45, 2.75) is 31.5 Å². The molecule has 2 atom stereocenters. The van der Waals surface area contributed by atoms with Crippen LogP contribution >= 0.6 is 0 Å². The average molecular weight is 342 g/mol. The molecule has 7 heteroatoms. The van der Waals surface area contributed by atoms with Crippen molar-refractivity contribution in [2.75, 3.05) is 18.5 Å². The third-order valence-corrected chi connectivity index (χ3v) is 4.26. The Kier molecular flexibility index (Phi) is 5.92. The van der Waals surface area contributed by atoms with E-state index in [1.54, 1.807) is 12.3 Å². The van der Waals surface area contributed by atoms with Crippen molar-refractivity contribution in [1.29, 1.82) is 0 Å². The van der Waals surface area contributed by atoms with Crippen LogP contribution in [-0.2, 0) is 22.6 Å². The number of hydrogen-bond acceptors (Lipinski definition) is 6. The molecule has 2 heterocycles. The highest BCUT2D eigenvalue weighted by Gasteiger charge is 2.27. The first-order valence-electron chi connectivity index (χ1n) is 8.33. The largest absolute Gasteiger partial charge is 0.392 e. The van der Waals surface area contributed by atoms with E-state index < -0.39 is 0 Å². The van der Waals surface area contributed by atoms with E-state index in [1.807, 2.05) is 24.3 Å². The summed E-state index contributed by atoms with van der Waals surface area (Å²) in [6.45, 7) is 1.04. The summed E-state index contributed by atoms with van der Waals surface area (Å²) in [7, 11) is 0. The number of nitrogens with zero attached hydrogens (tertiary/aromatic N) is 2. The summed E-state index contributed by atoms with van der Waals surface area (Å²) in [5.74, 6) is 0.637. The van der Waals surface area contributed by atoms with Gasteiger partial charge in [0.05, 0.1) is 31.7 Å². The molecule has 0 bridgehead atoms. The highest BCUT2D eigenvalue weighted by molar-refractivity contribution is 5.79. The Labute approximate surface area is 146 Å². The van der Waals surface area contributed by atoms with Crippen molar-refractivity contribution in [2.24, 2.45) is 0 Å². The molecule has 2 aromatic rings. The lowest BCUT2D eigenvalue weighted by Gasteiger charge is -2.33. The van der Waals surface area contributed by atoms with Crippen LogP contribution in [0.25, 0.3) is 0 Å². The lowest BCUT2D eigenvalue weighted by Crippen LogP contribution is -2.52. The third kappa shape index (κ3) is 4.74. The fourth-order valence-corrected chi connectivity index (χ4v) is 2.93. The second kappa shape index (κ2) is 8.55. The molecule has 0 radical (unpaired) electrons. The molecule has 3 N–H and O–H groups in total. The second-order valence-electron chi connectivity index (χ2n) is 5.99. The van der Waals surface area contributed by atoms with E-state index in [9.17, 15) is 9.90 Å². The summed E-state index contributed by atoms with van der Waals surface area (Å²) in [6.07, 6.45) is 4.12. The number of anilines is 1. The summed E-state index contributed by atoms with van der Waals surface area (Å²) in [4.78, 5) is 20.5. The quantitative estimate of drug-likeness (QED) is 0.722. The molecule has 1 amide bonds. The number of hydrogen-bond donors (Lipinski definition) is 3. The Hall–Kier alpha value is -2.51. The highest BCUT2D eigenvalue weighted by atomic mass is 16.5. The summed E-state index contributed by atoms with van der Waals surface area (Å²) in [6, 6.07) is 9.11. The molecule has 0 spiro atoms. The van der Waals surface area contributed by atoms with Gasteiger partial charge in [0.1, 0.15) is 12.1 Å². The first-order valence-corrected chi connectivity index (χ1v) is 8.33. The Bertz CT molecular complexity index is 696. The predicted octanol–water partition coefficient (Wildman–Crippen LogP) is 0.897. The molecule has 1 aliphatic rings. The number of benzene rings is 1. The number of amides is 1. The van der Waals surface area contributed by atoms with Crippen LogP contribution in [0.3, 0.4) is 0 Å². The number of aliphatic hydroxyl groups excluding tert-OH is 1. The van der Waals surface area contributed by atoms with E-state index in [4.69, 9.17) is 4.74 Å². The number of aliphatic hydroxyl groups is 1. The number of ether oxygens (including phenoxy) is 1. The van der Waals surface area contributed by atoms with Crippen molar-refractivity contribution >= 4 is 11.7 Å². The maximum absolute atomic E-state index is 12.5. The van der Waals surface area contributed by atoms with Crippen LogP contribution in [-0.4, -0.2) is 46.3 Å². The molecular weight excluding hydrogens is 320 g/mol. The van der Waals surface area contributed by atoms with Gasteiger partial charge in [0.25, 0.3) is 0 Å². The van der Waals surface area contributed by atoms with Crippen molar-refractivity contribution in [3.05, 3.63) is 54.0 Å². The molecule has 25 heavy (non-hydrogen) atoms. The minimum Gasteiger partial charge on any atom is -0.392 e. The van der Waals surface area contributed by atoms with Gasteiger partial charge in [-0.1, -0.05) is 24.3 Å². The Balaban J connectivity index is 1.62. The zero-order valence-corrected chi connectivity index (χ0v) is 13.9. The van der Waals surface area contributed by atoms with Gasteiger partial charge < -0.3 is 20.5 Å². The number of rotatable bonds is 6. The van der Waals surface area contributed by atoms with Crippen molar-refractivity contribution in [1.82, 2.24) is 15.3 Å². The smallest absolute Gasteiger partial charge is 0.224 e. The molecule has 0 unspecified atom stereocenters. The van der Waals surface area contributed by atoms with Crippen LogP contribution in [0.15, 0.2) is 42.9 Å². The van der Waals surface area contributed by atoms with Crippen LogP contribution in [0.5, 0.6) is 0 Å². The van der Waals surface area contributed by atoms with Gasteiger partial charge in [0.15, 0.2) is 0 Å². The number of carbonyl (C=O) groups is 1. The van der Waals surface area contributed by atoms with Gasteiger partial charge in [-0.2, -0.15) is 0 Å². The molecule has 132 valence electrons. The van der Waals surface area contributed by atoms with E-state index in [0.29, 0.717) is 19.0 Å². The first kappa shape index (κ1) is 17.3. The number of carbonyl (C=O) groups excluding carboxylic acids is 1. The van der Waals surface area contributed by atoms with Gasteiger partial charge in [0, 0.05) is 12.8 Å². The molecule has 3 rings (SSSR count). The van der Waals surface area contributed by atoms with Crippen molar-refractivity contribution in [3.8, 4) is 0 Å². The Morgan fingerprint density at radius 1 is 1.24 bits per heavy atom. The standard InChI is InChI=1S/C18H22N4O3/c23-10-14-4-2-1-3-13(14)9-18(24)22-15-6-8-25-11-16(15)21-17-5-7-19-12-20-17/h1-5,7,12,15-16,23H,6,8-11H2,(H,22,24)(H,19,20,21)/t15-,16+/m0/s1. The van der Waals surface area contributed by atoms with Gasteiger partial charge in [-0.05, 0) is 23.6 Å². The lowest BCUT2D eigenvalue weighted by molar-refractivity contribution is -0.121. The third-order valence-electron chi connectivity index (χ3n) is 4.26. The maximum atomic E-state index is 12.5. The molecule has 0 aliphatic carbocycles. The van der Waals surface area contributed by atoms with Crippen molar-refractivity contribution in [3.63, 3.8) is 0 Å². The number of nitrogens with one attached hydrogen (secondary N) is 2. The molecule has 7 nitrogen and oxygen atoms in total. The minimum absolute atomic E-state index is 0.0440. The Morgan fingerprint density at radius 3 is 2.84 bits per heavy atom. The topological polar surface area (TPSA) is 96.4 Å². The van der Waals surface area contributed by atoms with Crippen LogP contribution in [0.1, 0.15) is 17.5 Å². The van der Waals surface area contributed by atoms with E-state index in [1.165, 1.54) is 6.33 Å². The van der Waals surface area contributed by atoms with Gasteiger partial charge in [-0.15, -0.1) is 0 Å². The Morgan fingerprint density at radius 2 is 2.08 bits per heavy atom. The zero-order chi connectivity index (χ0) is 17.5. The second-order valence-corrected chi connectivity index (χ2v) is 5.99. The van der Waals surface area contributed by atoms with E-state index >= 15 is 0 Å². The molecule has 1 fully saturated rings. The SMILES string of the molecule is O=C(Cc1ccccc1CO)N[C@H]1CCOC[C@H]1Nc1ccncn1. The number of aromatic nitrogens is 2. The molecule has 1 saturated heterocycles. The van der Waals surface area contributed by atoms with E-state index in [-0.39, 0.29) is 31.0 Å². The van der Waals surface area contributed by atoms with Gasteiger partial charge in [0.2, 0.25) is 5.91 Å². The maximum Gasteiger partial charge on any atom is 0.224 e.